The van der Waals surface area contributed by atoms with E-state index >= 15 is 0 Å². The zero-order chi connectivity index (χ0) is 15.4. The highest BCUT2D eigenvalue weighted by Crippen LogP contribution is 2.27. The van der Waals surface area contributed by atoms with Crippen LogP contribution in [-0.2, 0) is 4.79 Å². The third kappa shape index (κ3) is 3.89. The molecule has 0 amide bonds. The number of nitriles is 1. The number of hydrogen-bond acceptors (Lipinski definition) is 6. The van der Waals surface area contributed by atoms with Gasteiger partial charge in [0.25, 0.3) is 0 Å². The van der Waals surface area contributed by atoms with Crippen LogP contribution in [0.25, 0.3) is 0 Å². The summed E-state index contributed by atoms with van der Waals surface area (Å²) in [7, 11) is 0. The number of nitrogens with one attached hydrogen (secondary N) is 1. The topological polar surface area (TPSA) is 102 Å². The maximum Gasteiger partial charge on any atom is 0.317 e. The first-order valence-corrected chi connectivity index (χ1v) is 7.00. The molecule has 0 atom stereocenters. The van der Waals surface area contributed by atoms with Crippen LogP contribution in [-0.4, -0.2) is 51.1 Å². The number of carboxylic acids is 1. The minimum absolute atomic E-state index is 0.0768. The Hall–Kier alpha value is -2.20. The van der Waals surface area contributed by atoms with Crippen molar-refractivity contribution in [2.24, 2.45) is 0 Å². The molecule has 0 radical (unpaired) electrons. The van der Waals surface area contributed by atoms with Crippen molar-refractivity contribution in [2.75, 3.05) is 18.4 Å². The summed E-state index contributed by atoms with van der Waals surface area (Å²) < 4.78 is 0. The van der Waals surface area contributed by atoms with E-state index in [1.807, 2.05) is 24.8 Å². The number of hydrogen-bond donors (Lipinski definition) is 2. The van der Waals surface area contributed by atoms with E-state index in [0.29, 0.717) is 11.6 Å². The molecule has 2 rings (SSSR count). The largest absolute Gasteiger partial charge is 0.480 e. The molecule has 112 valence electrons. The van der Waals surface area contributed by atoms with Gasteiger partial charge in [0.05, 0.1) is 6.54 Å². The van der Waals surface area contributed by atoms with Gasteiger partial charge in [0.2, 0.25) is 5.95 Å². The van der Waals surface area contributed by atoms with E-state index in [4.69, 9.17) is 10.4 Å². The van der Waals surface area contributed by atoms with Crippen LogP contribution >= 0.6 is 0 Å². The van der Waals surface area contributed by atoms with Gasteiger partial charge >= 0.3 is 5.97 Å². The first-order valence-electron chi connectivity index (χ1n) is 7.00. The zero-order valence-corrected chi connectivity index (χ0v) is 12.2. The number of anilines is 1. The van der Waals surface area contributed by atoms with Gasteiger partial charge in [-0.05, 0) is 32.4 Å². The highest BCUT2D eigenvalue weighted by molar-refractivity contribution is 5.69. The fourth-order valence-corrected chi connectivity index (χ4v) is 2.55. The Morgan fingerprint density at radius 1 is 1.57 bits per heavy atom. The normalized spacial score (nSPS) is 20.7. The van der Waals surface area contributed by atoms with Crippen molar-refractivity contribution in [3.05, 3.63) is 17.5 Å². The smallest absolute Gasteiger partial charge is 0.317 e. The number of aryl methyl sites for hydroxylation is 1. The molecule has 1 fully saturated rings. The minimum Gasteiger partial charge on any atom is -0.480 e. The van der Waals surface area contributed by atoms with Crippen molar-refractivity contribution in [2.45, 2.75) is 38.8 Å². The first kappa shape index (κ1) is 15.2. The standard InChI is InChI=1S/C14H19N5O2/c1-3-19(8-13(20)21)12-5-10(6-12)17-14-16-9(2)4-11(7-15)18-14/h4,10,12H,3,5-6,8H2,1-2H3,(H,20,21)(H,16,17,18). The maximum absolute atomic E-state index is 10.8. The second kappa shape index (κ2) is 6.50. The van der Waals surface area contributed by atoms with E-state index in [1.54, 1.807) is 6.07 Å². The van der Waals surface area contributed by atoms with Crippen LogP contribution in [0.3, 0.4) is 0 Å². The summed E-state index contributed by atoms with van der Waals surface area (Å²) in [6.07, 6.45) is 1.72. The van der Waals surface area contributed by atoms with Crippen LogP contribution in [0.2, 0.25) is 0 Å². The van der Waals surface area contributed by atoms with Gasteiger partial charge in [-0.1, -0.05) is 6.92 Å². The van der Waals surface area contributed by atoms with E-state index in [2.05, 4.69) is 15.3 Å². The van der Waals surface area contributed by atoms with E-state index in [-0.39, 0.29) is 18.6 Å². The lowest BCUT2D eigenvalue weighted by Crippen LogP contribution is -2.51. The summed E-state index contributed by atoms with van der Waals surface area (Å²) >= 11 is 0. The van der Waals surface area contributed by atoms with Crippen molar-refractivity contribution >= 4 is 11.9 Å². The number of likely N-dealkylation sites (N-methyl/N-ethyl adjacent to an activating group) is 1. The summed E-state index contributed by atoms with van der Waals surface area (Å²) in [6.45, 7) is 4.59. The van der Waals surface area contributed by atoms with E-state index < -0.39 is 5.97 Å². The molecule has 1 saturated carbocycles. The summed E-state index contributed by atoms with van der Waals surface area (Å²) in [5.41, 5.74) is 1.10. The van der Waals surface area contributed by atoms with Crippen molar-refractivity contribution in [3.8, 4) is 6.07 Å². The molecule has 0 aromatic carbocycles. The second-order valence-corrected chi connectivity index (χ2v) is 5.25. The molecular formula is C14H19N5O2. The summed E-state index contributed by atoms with van der Waals surface area (Å²) in [6, 6.07) is 4.16. The monoisotopic (exact) mass is 289 g/mol. The van der Waals surface area contributed by atoms with Crippen molar-refractivity contribution in [1.82, 2.24) is 14.9 Å². The van der Waals surface area contributed by atoms with Crippen molar-refractivity contribution < 1.29 is 9.90 Å². The lowest BCUT2D eigenvalue weighted by Gasteiger charge is -2.42. The molecule has 1 heterocycles. The molecule has 1 aromatic heterocycles. The van der Waals surface area contributed by atoms with Crippen LogP contribution in [0.4, 0.5) is 5.95 Å². The van der Waals surface area contributed by atoms with Crippen LogP contribution < -0.4 is 5.32 Å². The molecule has 1 aromatic rings. The Balaban J connectivity index is 1.89. The molecule has 7 heteroatoms. The highest BCUT2D eigenvalue weighted by atomic mass is 16.4. The SMILES string of the molecule is CCN(CC(=O)O)C1CC(Nc2nc(C)cc(C#N)n2)C1. The zero-order valence-electron chi connectivity index (χ0n) is 12.2. The van der Waals surface area contributed by atoms with E-state index in [0.717, 1.165) is 25.1 Å². The number of carboxylic acid groups (broad SMARTS) is 1. The van der Waals surface area contributed by atoms with Gasteiger partial charge in [-0.25, -0.2) is 9.97 Å². The fourth-order valence-electron chi connectivity index (χ4n) is 2.55. The van der Waals surface area contributed by atoms with E-state index in [1.165, 1.54) is 0 Å². The Labute approximate surface area is 123 Å². The molecule has 0 spiro atoms. The number of aliphatic carboxylic acids is 1. The number of aromatic nitrogens is 2. The second-order valence-electron chi connectivity index (χ2n) is 5.25. The molecule has 21 heavy (non-hydrogen) atoms. The molecule has 7 nitrogen and oxygen atoms in total. The Kier molecular flexibility index (Phi) is 4.70. The Morgan fingerprint density at radius 2 is 2.29 bits per heavy atom. The van der Waals surface area contributed by atoms with Crippen molar-refractivity contribution in [1.29, 1.82) is 5.26 Å². The molecule has 1 aliphatic rings. The maximum atomic E-state index is 10.8. The number of carbonyl (C=O) groups is 1. The minimum atomic E-state index is -0.797. The lowest BCUT2D eigenvalue weighted by atomic mass is 9.85. The average Bonchev–Trinajstić information content (AvgIpc) is 2.39. The molecular weight excluding hydrogens is 270 g/mol. The first-order chi connectivity index (χ1) is 10.0. The molecule has 1 aliphatic carbocycles. The summed E-state index contributed by atoms with van der Waals surface area (Å²) in [5, 5.41) is 21.0. The predicted octanol–water partition coefficient (Wildman–Crippen LogP) is 1.01. The molecule has 0 bridgehead atoms. The van der Waals surface area contributed by atoms with E-state index in [9.17, 15) is 4.79 Å². The van der Waals surface area contributed by atoms with Crippen LogP contribution in [0, 0.1) is 18.3 Å². The molecule has 0 unspecified atom stereocenters. The highest BCUT2D eigenvalue weighted by Gasteiger charge is 2.34. The van der Waals surface area contributed by atoms with Gasteiger partial charge in [-0.2, -0.15) is 5.26 Å². The van der Waals surface area contributed by atoms with Gasteiger partial charge < -0.3 is 10.4 Å². The molecule has 0 saturated heterocycles. The lowest BCUT2D eigenvalue weighted by molar-refractivity contribution is -0.139. The summed E-state index contributed by atoms with van der Waals surface area (Å²) in [5.74, 6) is -0.328. The summed E-state index contributed by atoms with van der Waals surface area (Å²) in [4.78, 5) is 21.1. The Bertz CT molecular complexity index is 563. The van der Waals surface area contributed by atoms with Gasteiger partial charge in [0.1, 0.15) is 11.8 Å². The third-order valence-electron chi connectivity index (χ3n) is 3.68. The van der Waals surface area contributed by atoms with Crippen LogP contribution in [0.15, 0.2) is 6.07 Å². The van der Waals surface area contributed by atoms with Gasteiger partial charge in [0, 0.05) is 17.8 Å². The number of nitrogens with zero attached hydrogens (tertiary/aromatic N) is 4. The quantitative estimate of drug-likeness (QED) is 0.805. The average molecular weight is 289 g/mol. The van der Waals surface area contributed by atoms with Crippen LogP contribution in [0.5, 0.6) is 0 Å². The van der Waals surface area contributed by atoms with Gasteiger partial charge in [-0.15, -0.1) is 0 Å². The number of rotatable bonds is 6. The predicted molar refractivity (Wildman–Crippen MR) is 76.8 cm³/mol. The van der Waals surface area contributed by atoms with Gasteiger partial charge in [-0.3, -0.25) is 9.69 Å². The van der Waals surface area contributed by atoms with Crippen molar-refractivity contribution in [3.63, 3.8) is 0 Å². The Morgan fingerprint density at radius 3 is 2.86 bits per heavy atom. The fraction of sp³-hybridized carbons (Fsp3) is 0.571. The molecule has 2 N–H and O–H groups in total. The third-order valence-corrected chi connectivity index (χ3v) is 3.68. The molecule has 0 aliphatic heterocycles. The van der Waals surface area contributed by atoms with Crippen LogP contribution in [0.1, 0.15) is 31.2 Å². The van der Waals surface area contributed by atoms with Gasteiger partial charge in [0.15, 0.2) is 0 Å².